The number of fused-ring (bicyclic) bond motifs is 3. The fourth-order valence-corrected chi connectivity index (χ4v) is 3.75. The number of hydrogen-bond acceptors (Lipinski definition) is 1. The number of piperidine rings is 1. The average molecular weight is 314 g/mol. The Hall–Kier alpha value is -1.94. The van der Waals surface area contributed by atoms with Gasteiger partial charge in [0.15, 0.2) is 0 Å². The summed E-state index contributed by atoms with van der Waals surface area (Å²) < 4.78 is 31.1. The van der Waals surface area contributed by atoms with Crippen LogP contribution in [0.1, 0.15) is 25.3 Å². The number of nitrogens with zero attached hydrogens (tertiary/aromatic N) is 1. The van der Waals surface area contributed by atoms with Gasteiger partial charge in [0.1, 0.15) is 6.04 Å². The van der Waals surface area contributed by atoms with Crippen molar-refractivity contribution in [2.45, 2.75) is 31.2 Å². The number of rotatable bonds is 1. The lowest BCUT2D eigenvalue weighted by Gasteiger charge is -2.33. The third-order valence-corrected chi connectivity index (χ3v) is 4.81. The van der Waals surface area contributed by atoms with Gasteiger partial charge < -0.3 is 9.88 Å². The second-order valence-corrected chi connectivity index (χ2v) is 6.30. The van der Waals surface area contributed by atoms with Gasteiger partial charge in [-0.15, -0.1) is 0 Å². The number of nitrogens with one attached hydrogen (secondary N) is 1. The topological polar surface area (TPSA) is 17.0 Å². The van der Waals surface area contributed by atoms with Gasteiger partial charge in [-0.25, -0.2) is 8.78 Å². The van der Waals surface area contributed by atoms with Crippen molar-refractivity contribution < 1.29 is 8.78 Å². The van der Waals surface area contributed by atoms with Crippen molar-refractivity contribution in [2.24, 2.45) is 0 Å². The van der Waals surface area contributed by atoms with Crippen LogP contribution in [0.4, 0.5) is 8.78 Å². The Morgan fingerprint density at radius 1 is 1.17 bits per heavy atom. The van der Waals surface area contributed by atoms with Crippen LogP contribution in [-0.2, 0) is 0 Å². The van der Waals surface area contributed by atoms with Crippen LogP contribution in [0.5, 0.6) is 0 Å². The molecule has 2 nitrogen and oxygen atoms in total. The maximum Gasteiger partial charge on any atom is 0.280 e. The van der Waals surface area contributed by atoms with E-state index in [4.69, 9.17) is 0 Å². The van der Waals surface area contributed by atoms with Crippen LogP contribution in [-0.4, -0.2) is 23.6 Å². The predicted octanol–water partition coefficient (Wildman–Crippen LogP) is 2.72. The molecule has 23 heavy (non-hydrogen) atoms. The number of alkyl halides is 2. The van der Waals surface area contributed by atoms with Gasteiger partial charge in [0.25, 0.3) is 5.92 Å². The summed E-state index contributed by atoms with van der Waals surface area (Å²) in [5, 5.41) is 5.89. The van der Waals surface area contributed by atoms with Gasteiger partial charge in [-0.1, -0.05) is 42.5 Å². The SMILES string of the molecule is FC1(F)CNCC[C@H]1n1c2/c(c3ccccc31)=C\C=C/CC\C=2. The summed E-state index contributed by atoms with van der Waals surface area (Å²) in [7, 11) is 0. The first-order chi connectivity index (χ1) is 11.2. The number of para-hydroxylation sites is 1. The van der Waals surface area contributed by atoms with E-state index in [1.165, 1.54) is 0 Å². The van der Waals surface area contributed by atoms with Crippen molar-refractivity contribution in [3.63, 3.8) is 0 Å². The van der Waals surface area contributed by atoms with E-state index in [-0.39, 0.29) is 6.54 Å². The van der Waals surface area contributed by atoms with E-state index < -0.39 is 12.0 Å². The standard InChI is InChI=1S/C19H20F2N2/c20-19(21)13-22-12-11-18(19)23-16-9-4-2-1-3-7-14(16)15-8-5-6-10-17(15)23/h1,3,5-10,18,22H,2,4,11-13H2/b3-1-,14-7-,16-9+/t18-/m1/s1. The third kappa shape index (κ3) is 2.41. The van der Waals surface area contributed by atoms with Gasteiger partial charge in [0.2, 0.25) is 0 Å². The normalized spacial score (nSPS) is 27.8. The summed E-state index contributed by atoms with van der Waals surface area (Å²) in [6.45, 7) is 0.383. The molecule has 1 N–H and O–H groups in total. The molecule has 0 unspecified atom stereocenters. The molecule has 1 aromatic heterocycles. The average Bonchev–Trinajstić information content (AvgIpc) is 2.79. The number of aromatic nitrogens is 1. The Balaban J connectivity index is 2.07. The summed E-state index contributed by atoms with van der Waals surface area (Å²) in [4.78, 5) is 0. The van der Waals surface area contributed by atoms with Crippen LogP contribution in [0.15, 0.2) is 36.4 Å². The predicted molar refractivity (Wildman–Crippen MR) is 90.0 cm³/mol. The van der Waals surface area contributed by atoms with Gasteiger partial charge >= 0.3 is 0 Å². The smallest absolute Gasteiger partial charge is 0.280 e. The Morgan fingerprint density at radius 3 is 2.91 bits per heavy atom. The summed E-state index contributed by atoms with van der Waals surface area (Å²) in [6.07, 6.45) is 10.6. The van der Waals surface area contributed by atoms with E-state index >= 15 is 0 Å². The number of halogens is 2. The molecule has 120 valence electrons. The van der Waals surface area contributed by atoms with Crippen molar-refractivity contribution in [1.29, 1.82) is 0 Å². The van der Waals surface area contributed by atoms with Crippen molar-refractivity contribution in [3.8, 4) is 0 Å². The fourth-order valence-electron chi connectivity index (χ4n) is 3.75. The lowest BCUT2D eigenvalue weighted by molar-refractivity contribution is -0.0652. The largest absolute Gasteiger partial charge is 0.331 e. The number of allylic oxidation sites excluding steroid dienone is 2. The Morgan fingerprint density at radius 2 is 2.04 bits per heavy atom. The summed E-state index contributed by atoms with van der Waals surface area (Å²) in [6, 6.07) is 7.11. The fraction of sp³-hybridized carbons (Fsp3) is 0.368. The molecule has 0 bridgehead atoms. The first-order valence-corrected chi connectivity index (χ1v) is 8.23. The molecule has 1 aromatic carbocycles. The molecule has 0 amide bonds. The van der Waals surface area contributed by atoms with E-state index in [2.05, 4.69) is 23.5 Å². The lowest BCUT2D eigenvalue weighted by atomic mass is 10.0. The minimum Gasteiger partial charge on any atom is -0.331 e. The van der Waals surface area contributed by atoms with Gasteiger partial charge in [-0.3, -0.25) is 0 Å². The molecule has 2 aliphatic rings. The summed E-state index contributed by atoms with van der Waals surface area (Å²) >= 11 is 0. The Kier molecular flexibility index (Phi) is 3.57. The molecule has 0 radical (unpaired) electrons. The molecule has 1 fully saturated rings. The maximum absolute atomic E-state index is 14.6. The second kappa shape index (κ2) is 5.60. The number of benzene rings is 1. The highest BCUT2D eigenvalue weighted by Crippen LogP contribution is 2.34. The molecule has 4 rings (SSSR count). The van der Waals surface area contributed by atoms with E-state index in [0.29, 0.717) is 13.0 Å². The van der Waals surface area contributed by atoms with Gasteiger partial charge in [0.05, 0.1) is 6.54 Å². The van der Waals surface area contributed by atoms with Crippen LogP contribution in [0.3, 0.4) is 0 Å². The first kappa shape index (κ1) is 14.6. The van der Waals surface area contributed by atoms with Crippen molar-refractivity contribution >= 4 is 23.1 Å². The van der Waals surface area contributed by atoms with Crippen molar-refractivity contribution in [2.75, 3.05) is 13.1 Å². The Labute approximate surface area is 133 Å². The highest BCUT2D eigenvalue weighted by atomic mass is 19.3. The molecular formula is C19H20F2N2. The third-order valence-electron chi connectivity index (χ3n) is 4.81. The lowest BCUT2D eigenvalue weighted by Crippen LogP contribution is -2.49. The molecule has 2 heterocycles. The molecule has 0 spiro atoms. The van der Waals surface area contributed by atoms with Crippen molar-refractivity contribution in [3.05, 3.63) is 47.0 Å². The quantitative estimate of drug-likeness (QED) is 0.856. The van der Waals surface area contributed by atoms with Gasteiger partial charge in [-0.2, -0.15) is 0 Å². The molecule has 4 heteroatoms. The molecule has 1 aliphatic carbocycles. The molecular weight excluding hydrogens is 294 g/mol. The number of hydrogen-bond donors (Lipinski definition) is 1. The van der Waals surface area contributed by atoms with Crippen LogP contribution in [0.2, 0.25) is 0 Å². The van der Waals surface area contributed by atoms with E-state index in [1.807, 2.05) is 34.9 Å². The monoisotopic (exact) mass is 314 g/mol. The zero-order valence-corrected chi connectivity index (χ0v) is 12.9. The Bertz CT molecular complexity index is 877. The summed E-state index contributed by atoms with van der Waals surface area (Å²) in [5.41, 5.74) is 0.909. The van der Waals surface area contributed by atoms with Crippen LogP contribution in [0, 0.1) is 0 Å². The molecule has 1 saturated heterocycles. The molecule has 0 saturated carbocycles. The highest BCUT2D eigenvalue weighted by Gasteiger charge is 2.43. The van der Waals surface area contributed by atoms with E-state index in [9.17, 15) is 8.78 Å². The minimum absolute atomic E-state index is 0.247. The van der Waals surface area contributed by atoms with E-state index in [1.54, 1.807) is 0 Å². The van der Waals surface area contributed by atoms with Crippen LogP contribution in [0.25, 0.3) is 23.1 Å². The minimum atomic E-state index is -2.74. The zero-order chi connectivity index (χ0) is 15.9. The van der Waals surface area contributed by atoms with E-state index in [0.717, 1.165) is 34.3 Å². The summed E-state index contributed by atoms with van der Waals surface area (Å²) in [5.74, 6) is -2.74. The van der Waals surface area contributed by atoms with Crippen molar-refractivity contribution in [1.82, 2.24) is 9.88 Å². The zero-order valence-electron chi connectivity index (χ0n) is 12.9. The molecule has 1 atom stereocenters. The maximum atomic E-state index is 14.6. The van der Waals surface area contributed by atoms with Crippen LogP contribution >= 0.6 is 0 Å². The molecule has 1 aliphatic heterocycles. The first-order valence-electron chi connectivity index (χ1n) is 8.23. The highest BCUT2D eigenvalue weighted by molar-refractivity contribution is 5.83. The van der Waals surface area contributed by atoms with Crippen LogP contribution < -0.4 is 15.9 Å². The molecule has 2 aromatic rings. The second-order valence-electron chi connectivity index (χ2n) is 6.30. The van der Waals surface area contributed by atoms with Gasteiger partial charge in [-0.05, 0) is 31.9 Å². The van der Waals surface area contributed by atoms with Gasteiger partial charge in [0, 0.05) is 21.5 Å².